The number of amides is 2. The Bertz CT molecular complexity index is 1720. The normalized spacial score (nSPS) is 14.5. The summed E-state index contributed by atoms with van der Waals surface area (Å²) in [5.41, 5.74) is 2.29. The first-order valence-corrected chi connectivity index (χ1v) is 16.2. The van der Waals surface area contributed by atoms with Gasteiger partial charge >= 0.3 is 10.1 Å². The molecule has 43 heavy (non-hydrogen) atoms. The fourth-order valence-corrected chi connectivity index (χ4v) is 6.84. The molecule has 0 bridgehead atoms. The number of thioether (sulfide) groups is 1. The van der Waals surface area contributed by atoms with E-state index >= 15 is 0 Å². The SMILES string of the molecule is COc1cc(/C=C2\SC(=O)N(CCOc3cc(C)ccc3C(C)C)C2=O)cc(I)c1OS(=O)(=O)c1ccc([N+](=O)[O-])cc1. The quantitative estimate of drug-likeness (QED) is 0.0702. The van der Waals surface area contributed by atoms with Crippen LogP contribution in [0.15, 0.2) is 64.4 Å². The number of nitrogens with zero attached hydrogens (tertiary/aromatic N) is 2. The minimum Gasteiger partial charge on any atom is -0.493 e. The molecule has 0 radical (unpaired) electrons. The Morgan fingerprint density at radius 3 is 2.40 bits per heavy atom. The second-order valence-corrected chi connectivity index (χ2v) is 13.4. The number of carbonyl (C=O) groups is 2. The molecular weight excluding hydrogens is 711 g/mol. The molecule has 14 heteroatoms. The summed E-state index contributed by atoms with van der Waals surface area (Å²) in [6.07, 6.45) is 1.52. The van der Waals surface area contributed by atoms with Crippen LogP contribution in [0.5, 0.6) is 17.2 Å². The Hall–Kier alpha value is -3.63. The summed E-state index contributed by atoms with van der Waals surface area (Å²) in [4.78, 5) is 37.0. The summed E-state index contributed by atoms with van der Waals surface area (Å²) in [6, 6.07) is 13.3. The summed E-state index contributed by atoms with van der Waals surface area (Å²) in [7, 11) is -3.03. The van der Waals surface area contributed by atoms with Gasteiger partial charge in [0, 0.05) is 12.1 Å². The minimum atomic E-state index is -4.35. The summed E-state index contributed by atoms with van der Waals surface area (Å²) in [5.74, 6) is 0.463. The van der Waals surface area contributed by atoms with Crippen molar-refractivity contribution in [1.82, 2.24) is 4.90 Å². The van der Waals surface area contributed by atoms with Crippen molar-refractivity contribution in [1.29, 1.82) is 0 Å². The van der Waals surface area contributed by atoms with E-state index in [0.29, 0.717) is 9.13 Å². The number of nitro groups is 1. The lowest BCUT2D eigenvalue weighted by Gasteiger charge is -2.17. The highest BCUT2D eigenvalue weighted by atomic mass is 127. The van der Waals surface area contributed by atoms with Crippen LogP contribution in [0.1, 0.15) is 36.5 Å². The molecule has 0 aliphatic carbocycles. The molecule has 3 aromatic carbocycles. The molecule has 0 saturated carbocycles. The van der Waals surface area contributed by atoms with Crippen LogP contribution in [-0.2, 0) is 14.9 Å². The first-order valence-electron chi connectivity index (χ1n) is 12.9. The topological polar surface area (TPSA) is 142 Å². The fourth-order valence-electron chi connectivity index (χ4n) is 4.13. The van der Waals surface area contributed by atoms with Crippen LogP contribution in [0, 0.1) is 20.6 Å². The molecule has 2 amide bonds. The van der Waals surface area contributed by atoms with Gasteiger partial charge in [-0.05, 0) is 100 Å². The number of nitro benzene ring substituents is 1. The number of imide groups is 1. The second-order valence-electron chi connectivity index (χ2n) is 9.70. The molecular formula is C29H27IN2O9S2. The van der Waals surface area contributed by atoms with Gasteiger partial charge in [0.2, 0.25) is 0 Å². The van der Waals surface area contributed by atoms with Gasteiger partial charge in [0.1, 0.15) is 17.3 Å². The fraction of sp³-hybridized carbons (Fsp3) is 0.241. The van der Waals surface area contributed by atoms with Crippen molar-refractivity contribution in [2.24, 2.45) is 0 Å². The lowest BCUT2D eigenvalue weighted by molar-refractivity contribution is -0.384. The maximum Gasteiger partial charge on any atom is 0.339 e. The predicted molar refractivity (Wildman–Crippen MR) is 170 cm³/mol. The number of ether oxygens (including phenoxy) is 2. The molecule has 1 fully saturated rings. The predicted octanol–water partition coefficient (Wildman–Crippen LogP) is 6.52. The third kappa shape index (κ3) is 7.48. The smallest absolute Gasteiger partial charge is 0.339 e. The van der Waals surface area contributed by atoms with E-state index in [9.17, 15) is 28.1 Å². The van der Waals surface area contributed by atoms with E-state index in [1.807, 2.05) is 47.7 Å². The van der Waals surface area contributed by atoms with Crippen molar-refractivity contribution < 1.29 is 36.6 Å². The summed E-state index contributed by atoms with van der Waals surface area (Å²) < 4.78 is 42.7. The van der Waals surface area contributed by atoms with Gasteiger partial charge in [-0.2, -0.15) is 8.42 Å². The highest BCUT2D eigenvalue weighted by Crippen LogP contribution is 2.39. The number of non-ortho nitro benzene ring substituents is 1. The largest absolute Gasteiger partial charge is 0.493 e. The van der Waals surface area contributed by atoms with Gasteiger partial charge in [-0.3, -0.25) is 24.6 Å². The minimum absolute atomic E-state index is 0.0652. The monoisotopic (exact) mass is 738 g/mol. The third-order valence-electron chi connectivity index (χ3n) is 6.32. The Balaban J connectivity index is 1.49. The average molecular weight is 739 g/mol. The van der Waals surface area contributed by atoms with Crippen LogP contribution in [0.2, 0.25) is 0 Å². The zero-order valence-electron chi connectivity index (χ0n) is 23.5. The lowest BCUT2D eigenvalue weighted by atomic mass is 10.0. The van der Waals surface area contributed by atoms with Gasteiger partial charge in [-0.15, -0.1) is 0 Å². The Morgan fingerprint density at radius 2 is 1.77 bits per heavy atom. The van der Waals surface area contributed by atoms with Crippen LogP contribution in [-0.4, -0.2) is 49.6 Å². The molecule has 4 rings (SSSR count). The van der Waals surface area contributed by atoms with Crippen LogP contribution in [0.3, 0.4) is 0 Å². The van der Waals surface area contributed by atoms with Crippen molar-refractivity contribution >= 4 is 67.4 Å². The Morgan fingerprint density at radius 1 is 1.07 bits per heavy atom. The molecule has 0 atom stereocenters. The molecule has 1 aliphatic heterocycles. The van der Waals surface area contributed by atoms with Gasteiger partial charge in [-0.1, -0.05) is 26.0 Å². The molecule has 1 heterocycles. The van der Waals surface area contributed by atoms with Crippen molar-refractivity contribution in [2.75, 3.05) is 20.3 Å². The van der Waals surface area contributed by atoms with Crippen LogP contribution < -0.4 is 13.7 Å². The Labute approximate surface area is 266 Å². The standard InChI is InChI=1S/C29H27IN2O9S2/c1-17(2)22-10-5-18(3)13-24(22)40-12-11-31-28(33)26(42-29(31)34)16-19-14-23(30)27(25(15-19)39-4)41-43(37,38)21-8-6-20(7-9-21)32(35)36/h5-10,13-17H,11-12H2,1-4H3/b26-16-. The van der Waals surface area contributed by atoms with E-state index in [1.165, 1.54) is 19.3 Å². The van der Waals surface area contributed by atoms with E-state index in [-0.39, 0.29) is 46.1 Å². The number of halogens is 1. The number of methoxy groups -OCH3 is 1. The number of hydrogen-bond donors (Lipinski definition) is 0. The lowest BCUT2D eigenvalue weighted by Crippen LogP contribution is -2.32. The van der Waals surface area contributed by atoms with Crippen molar-refractivity contribution in [3.8, 4) is 17.2 Å². The molecule has 0 N–H and O–H groups in total. The molecule has 226 valence electrons. The molecule has 1 saturated heterocycles. The van der Waals surface area contributed by atoms with Crippen LogP contribution in [0.4, 0.5) is 10.5 Å². The molecule has 0 unspecified atom stereocenters. The van der Waals surface area contributed by atoms with Gasteiger partial charge in [-0.25, -0.2) is 0 Å². The van der Waals surface area contributed by atoms with E-state index < -0.39 is 26.2 Å². The van der Waals surface area contributed by atoms with Crippen molar-refractivity contribution in [3.05, 3.63) is 89.9 Å². The van der Waals surface area contributed by atoms with Crippen LogP contribution >= 0.6 is 34.4 Å². The second kappa shape index (κ2) is 13.3. The maximum atomic E-state index is 13.1. The zero-order chi connectivity index (χ0) is 31.5. The van der Waals surface area contributed by atoms with Gasteiger partial charge < -0.3 is 13.7 Å². The van der Waals surface area contributed by atoms with Crippen LogP contribution in [0.25, 0.3) is 6.08 Å². The number of carbonyl (C=O) groups excluding carboxylic acids is 2. The summed E-state index contributed by atoms with van der Waals surface area (Å²) >= 11 is 2.66. The number of rotatable bonds is 11. The summed E-state index contributed by atoms with van der Waals surface area (Å²) in [5, 5.41) is 10.5. The number of hydrogen-bond acceptors (Lipinski definition) is 10. The summed E-state index contributed by atoms with van der Waals surface area (Å²) in [6.45, 7) is 6.29. The third-order valence-corrected chi connectivity index (χ3v) is 9.26. The molecule has 1 aliphatic rings. The van der Waals surface area contributed by atoms with Crippen molar-refractivity contribution in [2.45, 2.75) is 31.6 Å². The first kappa shape index (κ1) is 32.3. The van der Waals surface area contributed by atoms with E-state index in [4.69, 9.17) is 13.7 Å². The highest BCUT2D eigenvalue weighted by Gasteiger charge is 2.35. The van der Waals surface area contributed by atoms with Gasteiger partial charge in [0.05, 0.1) is 27.1 Å². The molecule has 3 aromatic rings. The van der Waals surface area contributed by atoms with Gasteiger partial charge in [0.15, 0.2) is 11.5 Å². The molecule has 0 aromatic heterocycles. The first-order chi connectivity index (χ1) is 20.3. The molecule has 0 spiro atoms. The number of benzene rings is 3. The van der Waals surface area contributed by atoms with E-state index in [2.05, 4.69) is 13.8 Å². The average Bonchev–Trinajstić information content (AvgIpc) is 3.21. The van der Waals surface area contributed by atoms with E-state index in [0.717, 1.165) is 57.8 Å². The van der Waals surface area contributed by atoms with Crippen molar-refractivity contribution in [3.63, 3.8) is 0 Å². The van der Waals surface area contributed by atoms with Gasteiger partial charge in [0.25, 0.3) is 16.8 Å². The highest BCUT2D eigenvalue weighted by molar-refractivity contribution is 14.1. The Kier molecular flexibility index (Phi) is 10.0. The number of aryl methyl sites for hydroxylation is 1. The molecule has 11 nitrogen and oxygen atoms in total. The zero-order valence-corrected chi connectivity index (χ0v) is 27.3. The van der Waals surface area contributed by atoms with E-state index in [1.54, 1.807) is 6.07 Å². The maximum absolute atomic E-state index is 13.1.